The van der Waals surface area contributed by atoms with Crippen molar-refractivity contribution in [3.05, 3.63) is 57.8 Å². The van der Waals surface area contributed by atoms with Crippen molar-refractivity contribution in [1.29, 1.82) is 5.26 Å². The molecule has 0 aliphatic carbocycles. The minimum absolute atomic E-state index is 0.205. The summed E-state index contributed by atoms with van der Waals surface area (Å²) >= 11 is 3.44. The lowest BCUT2D eigenvalue weighted by atomic mass is 9.91. The standard InChI is InChI=1S/C13H11BrN2/c1-9-2-3-11(14)6-12(9)13(7-15)10-4-5-16-8-10/h2-6,8,13,16H,1H3. The van der Waals surface area contributed by atoms with Crippen LogP contribution in [0.3, 0.4) is 0 Å². The normalized spacial score (nSPS) is 12.1. The van der Waals surface area contributed by atoms with E-state index in [9.17, 15) is 5.26 Å². The predicted octanol–water partition coefficient (Wildman–Crippen LogP) is 3.74. The zero-order chi connectivity index (χ0) is 11.5. The summed E-state index contributed by atoms with van der Waals surface area (Å²) in [4.78, 5) is 2.99. The molecule has 2 rings (SSSR count). The molecule has 3 heteroatoms. The fourth-order valence-electron chi connectivity index (χ4n) is 1.76. The van der Waals surface area contributed by atoms with Gasteiger partial charge in [-0.3, -0.25) is 0 Å². The second-order valence-electron chi connectivity index (χ2n) is 3.71. The quantitative estimate of drug-likeness (QED) is 0.890. The molecular weight excluding hydrogens is 264 g/mol. The minimum Gasteiger partial charge on any atom is -0.367 e. The molecule has 0 spiro atoms. The average molecular weight is 275 g/mol. The average Bonchev–Trinajstić information content (AvgIpc) is 2.78. The third kappa shape index (κ3) is 2.02. The highest BCUT2D eigenvalue weighted by molar-refractivity contribution is 9.10. The summed E-state index contributed by atoms with van der Waals surface area (Å²) in [5.41, 5.74) is 3.19. The summed E-state index contributed by atoms with van der Waals surface area (Å²) in [7, 11) is 0. The summed E-state index contributed by atoms with van der Waals surface area (Å²) in [5.74, 6) is -0.205. The molecule has 0 aliphatic rings. The van der Waals surface area contributed by atoms with Crippen LogP contribution in [-0.4, -0.2) is 4.98 Å². The topological polar surface area (TPSA) is 39.6 Å². The Kier molecular flexibility index (Phi) is 3.12. The third-order valence-corrected chi connectivity index (χ3v) is 3.13. The molecule has 0 radical (unpaired) electrons. The zero-order valence-corrected chi connectivity index (χ0v) is 10.5. The maximum absolute atomic E-state index is 9.29. The smallest absolute Gasteiger partial charge is 0.0980 e. The molecule has 1 aromatic heterocycles. The molecular formula is C13H11BrN2. The van der Waals surface area contributed by atoms with Crippen molar-refractivity contribution in [3.63, 3.8) is 0 Å². The van der Waals surface area contributed by atoms with Crippen LogP contribution in [-0.2, 0) is 0 Å². The number of hydrogen-bond acceptors (Lipinski definition) is 1. The first kappa shape index (κ1) is 11.0. The SMILES string of the molecule is Cc1ccc(Br)cc1C(C#N)c1cc[nH]c1. The number of aromatic amines is 1. The molecule has 1 heterocycles. The molecule has 2 aromatic rings. The van der Waals surface area contributed by atoms with Crippen LogP contribution >= 0.6 is 15.9 Å². The van der Waals surface area contributed by atoms with Crippen molar-refractivity contribution < 1.29 is 0 Å². The van der Waals surface area contributed by atoms with Crippen molar-refractivity contribution in [2.75, 3.05) is 0 Å². The van der Waals surface area contributed by atoms with Gasteiger partial charge in [-0.2, -0.15) is 5.26 Å². The molecule has 0 bridgehead atoms. The van der Waals surface area contributed by atoms with E-state index in [1.54, 1.807) is 0 Å². The van der Waals surface area contributed by atoms with Gasteiger partial charge in [0.2, 0.25) is 0 Å². The lowest BCUT2D eigenvalue weighted by Gasteiger charge is -2.11. The van der Waals surface area contributed by atoms with E-state index >= 15 is 0 Å². The Bertz CT molecular complexity index is 523. The maximum atomic E-state index is 9.29. The Labute approximate surface area is 103 Å². The van der Waals surface area contributed by atoms with Crippen LogP contribution in [0.5, 0.6) is 0 Å². The van der Waals surface area contributed by atoms with Gasteiger partial charge in [0.15, 0.2) is 0 Å². The van der Waals surface area contributed by atoms with Gasteiger partial charge in [-0.05, 0) is 41.8 Å². The van der Waals surface area contributed by atoms with Crippen LogP contribution in [0.2, 0.25) is 0 Å². The van der Waals surface area contributed by atoms with E-state index in [-0.39, 0.29) is 5.92 Å². The first-order valence-corrected chi connectivity index (χ1v) is 5.80. The predicted molar refractivity (Wildman–Crippen MR) is 67.1 cm³/mol. The van der Waals surface area contributed by atoms with Gasteiger partial charge in [0.1, 0.15) is 0 Å². The lowest BCUT2D eigenvalue weighted by Crippen LogP contribution is -1.99. The van der Waals surface area contributed by atoms with Crippen LogP contribution in [0.1, 0.15) is 22.6 Å². The highest BCUT2D eigenvalue weighted by Crippen LogP contribution is 2.28. The molecule has 1 unspecified atom stereocenters. The fraction of sp³-hybridized carbons (Fsp3) is 0.154. The van der Waals surface area contributed by atoms with Gasteiger partial charge in [0, 0.05) is 16.9 Å². The molecule has 2 nitrogen and oxygen atoms in total. The van der Waals surface area contributed by atoms with Crippen LogP contribution < -0.4 is 0 Å². The number of H-pyrrole nitrogens is 1. The maximum Gasteiger partial charge on any atom is 0.0980 e. The van der Waals surface area contributed by atoms with E-state index in [0.717, 1.165) is 21.2 Å². The van der Waals surface area contributed by atoms with Crippen molar-refractivity contribution >= 4 is 15.9 Å². The Hall–Kier alpha value is -1.53. The van der Waals surface area contributed by atoms with Gasteiger partial charge < -0.3 is 4.98 Å². The number of nitrogens with one attached hydrogen (secondary N) is 1. The number of halogens is 1. The van der Waals surface area contributed by atoms with Crippen LogP contribution in [0.25, 0.3) is 0 Å². The molecule has 1 N–H and O–H groups in total. The molecule has 0 amide bonds. The first-order valence-electron chi connectivity index (χ1n) is 5.00. The number of benzene rings is 1. The Morgan fingerprint density at radius 1 is 1.38 bits per heavy atom. The summed E-state index contributed by atoms with van der Waals surface area (Å²) in [6, 6.07) is 10.3. The largest absolute Gasteiger partial charge is 0.367 e. The molecule has 0 fully saturated rings. The van der Waals surface area contributed by atoms with E-state index < -0.39 is 0 Å². The molecule has 16 heavy (non-hydrogen) atoms. The van der Waals surface area contributed by atoms with E-state index in [2.05, 4.69) is 27.0 Å². The van der Waals surface area contributed by atoms with Gasteiger partial charge >= 0.3 is 0 Å². The second-order valence-corrected chi connectivity index (χ2v) is 4.62. The van der Waals surface area contributed by atoms with E-state index in [1.165, 1.54) is 0 Å². The lowest BCUT2D eigenvalue weighted by molar-refractivity contribution is 1.02. The van der Waals surface area contributed by atoms with Gasteiger partial charge in [-0.15, -0.1) is 0 Å². The summed E-state index contributed by atoms with van der Waals surface area (Å²) in [6.07, 6.45) is 3.71. The zero-order valence-electron chi connectivity index (χ0n) is 8.87. The van der Waals surface area contributed by atoms with Gasteiger partial charge in [-0.1, -0.05) is 22.0 Å². The number of nitriles is 1. The van der Waals surface area contributed by atoms with Crippen molar-refractivity contribution in [3.8, 4) is 6.07 Å². The highest BCUT2D eigenvalue weighted by atomic mass is 79.9. The first-order chi connectivity index (χ1) is 7.72. The number of hydrogen-bond donors (Lipinski definition) is 1. The third-order valence-electron chi connectivity index (χ3n) is 2.64. The summed E-state index contributed by atoms with van der Waals surface area (Å²) < 4.78 is 1.00. The molecule has 0 saturated carbocycles. The van der Waals surface area contributed by atoms with Crippen LogP contribution in [0, 0.1) is 18.3 Å². The summed E-state index contributed by atoms with van der Waals surface area (Å²) in [6.45, 7) is 2.03. The van der Waals surface area contributed by atoms with Gasteiger partial charge in [0.25, 0.3) is 0 Å². The molecule has 1 atom stereocenters. The molecule has 0 saturated heterocycles. The Balaban J connectivity index is 2.50. The van der Waals surface area contributed by atoms with Crippen LogP contribution in [0.4, 0.5) is 0 Å². The van der Waals surface area contributed by atoms with Crippen molar-refractivity contribution in [1.82, 2.24) is 4.98 Å². The molecule has 0 aliphatic heterocycles. The molecule has 80 valence electrons. The van der Waals surface area contributed by atoms with Gasteiger partial charge in [0.05, 0.1) is 12.0 Å². The summed E-state index contributed by atoms with van der Waals surface area (Å²) in [5, 5.41) is 9.29. The number of nitrogens with zero attached hydrogens (tertiary/aromatic N) is 1. The van der Waals surface area contributed by atoms with Gasteiger partial charge in [-0.25, -0.2) is 0 Å². The monoisotopic (exact) mass is 274 g/mol. The minimum atomic E-state index is -0.205. The van der Waals surface area contributed by atoms with E-state index in [0.29, 0.717) is 0 Å². The number of rotatable bonds is 2. The number of aromatic nitrogens is 1. The Morgan fingerprint density at radius 3 is 2.81 bits per heavy atom. The Morgan fingerprint density at radius 2 is 2.19 bits per heavy atom. The van der Waals surface area contributed by atoms with E-state index in [4.69, 9.17) is 0 Å². The fourth-order valence-corrected chi connectivity index (χ4v) is 2.14. The van der Waals surface area contributed by atoms with E-state index in [1.807, 2.05) is 43.6 Å². The number of aryl methyl sites for hydroxylation is 1. The van der Waals surface area contributed by atoms with Crippen LogP contribution in [0.15, 0.2) is 41.1 Å². The van der Waals surface area contributed by atoms with Crippen molar-refractivity contribution in [2.24, 2.45) is 0 Å². The van der Waals surface area contributed by atoms with Crippen molar-refractivity contribution in [2.45, 2.75) is 12.8 Å². The highest BCUT2D eigenvalue weighted by Gasteiger charge is 2.16. The molecule has 1 aromatic carbocycles. The second kappa shape index (κ2) is 4.54.